The maximum Gasteiger partial charge on any atom is -0.0129 e. The summed E-state index contributed by atoms with van der Waals surface area (Å²) in [7, 11) is 0. The van der Waals surface area contributed by atoms with Crippen LogP contribution in [0.25, 0.3) is 22.3 Å². The van der Waals surface area contributed by atoms with Crippen LogP contribution in [-0.2, 0) is 5.41 Å². The van der Waals surface area contributed by atoms with Crippen LogP contribution in [0, 0.1) is 111 Å². The lowest BCUT2D eigenvalue weighted by Gasteiger charge is -2.21. The Labute approximate surface area is 581 Å². The first-order valence-electron chi connectivity index (χ1n) is 34.5. The van der Waals surface area contributed by atoms with Crippen molar-refractivity contribution < 1.29 is 0 Å². The zero-order valence-electron chi connectivity index (χ0n) is 63.5. The Hall–Kier alpha value is -8.58. The zero-order valence-corrected chi connectivity index (χ0v) is 63.5. The molecule has 11 rings (SSSR count). The van der Waals surface area contributed by atoms with Crippen LogP contribution in [0.5, 0.6) is 0 Å². The Bertz CT molecular complexity index is 3850. The summed E-state index contributed by atoms with van der Waals surface area (Å²) in [5.74, 6) is 1.93. The van der Waals surface area contributed by atoms with Gasteiger partial charge in [0.1, 0.15) is 0 Å². The van der Waals surface area contributed by atoms with Crippen LogP contribution in [0.3, 0.4) is 0 Å². The molecule has 0 saturated carbocycles. The summed E-state index contributed by atoms with van der Waals surface area (Å²) in [6, 6.07) is 89.1. The first kappa shape index (κ1) is 80.7. The van der Waals surface area contributed by atoms with Gasteiger partial charge in [-0.2, -0.15) is 0 Å². The average molecular weight is 1260 g/mol. The van der Waals surface area contributed by atoms with Crippen molar-refractivity contribution in [3.05, 3.63) is 366 Å². The highest BCUT2D eigenvalue weighted by Gasteiger charge is 2.15. The van der Waals surface area contributed by atoms with Crippen LogP contribution in [0.15, 0.2) is 255 Å². The van der Waals surface area contributed by atoms with Crippen LogP contribution in [0.1, 0.15) is 191 Å². The molecule has 0 aliphatic carbocycles. The van der Waals surface area contributed by atoms with Crippen LogP contribution in [0.4, 0.5) is 0 Å². The van der Waals surface area contributed by atoms with E-state index in [1.807, 2.05) is 24.3 Å². The third-order valence-corrected chi connectivity index (χ3v) is 17.7. The van der Waals surface area contributed by atoms with E-state index in [0.717, 1.165) is 0 Å². The number of rotatable bonds is 5. The molecule has 0 bridgehead atoms. The molecule has 0 heterocycles. The third-order valence-electron chi connectivity index (χ3n) is 17.7. The largest absolute Gasteiger partial charge is 0.0622 e. The van der Waals surface area contributed by atoms with Crippen LogP contribution >= 0.6 is 0 Å². The van der Waals surface area contributed by atoms with E-state index < -0.39 is 0 Å². The van der Waals surface area contributed by atoms with E-state index in [-0.39, 0.29) is 5.41 Å². The van der Waals surface area contributed by atoms with Crippen LogP contribution < -0.4 is 0 Å². The first-order valence-corrected chi connectivity index (χ1v) is 34.5. The summed E-state index contributed by atoms with van der Waals surface area (Å²) >= 11 is 0. The lowest BCUT2D eigenvalue weighted by molar-refractivity contribution is 0.586. The summed E-state index contributed by atoms with van der Waals surface area (Å²) in [6.07, 6.45) is 0. The van der Waals surface area contributed by atoms with Crippen molar-refractivity contribution in [2.24, 2.45) is 0 Å². The molecular weight excluding hydrogens is 1140 g/mol. The van der Waals surface area contributed by atoms with Gasteiger partial charge in [0.15, 0.2) is 0 Å². The van der Waals surface area contributed by atoms with Crippen molar-refractivity contribution in [3.63, 3.8) is 0 Å². The quantitative estimate of drug-likeness (QED) is 0.161. The van der Waals surface area contributed by atoms with Crippen molar-refractivity contribution in [1.29, 1.82) is 0 Å². The van der Waals surface area contributed by atoms with E-state index in [1.54, 1.807) is 0 Å². The van der Waals surface area contributed by atoms with Crippen molar-refractivity contribution in [3.8, 4) is 22.3 Å². The van der Waals surface area contributed by atoms with Crippen molar-refractivity contribution in [2.45, 2.75) is 196 Å². The van der Waals surface area contributed by atoms with E-state index in [9.17, 15) is 0 Å². The molecule has 0 aliphatic heterocycles. The Balaban J connectivity index is 0.000000281. The summed E-state index contributed by atoms with van der Waals surface area (Å²) in [6.45, 7) is 54.7. The Morgan fingerprint density at radius 2 is 0.516 bits per heavy atom. The first-order chi connectivity index (χ1) is 45.0. The Morgan fingerprint density at radius 3 is 0.874 bits per heavy atom. The normalized spacial score (nSPS) is 10.2. The van der Waals surface area contributed by atoms with Gasteiger partial charge in [-0.05, 0) is 256 Å². The van der Waals surface area contributed by atoms with Crippen molar-refractivity contribution in [1.82, 2.24) is 0 Å². The molecule has 0 spiro atoms. The van der Waals surface area contributed by atoms with Crippen molar-refractivity contribution in [2.75, 3.05) is 0 Å². The Kier molecular flexibility index (Phi) is 35.6. The van der Waals surface area contributed by atoms with Crippen molar-refractivity contribution >= 4 is 0 Å². The highest BCUT2D eigenvalue weighted by Crippen LogP contribution is 2.29. The van der Waals surface area contributed by atoms with Gasteiger partial charge in [-0.1, -0.05) is 328 Å². The van der Waals surface area contributed by atoms with E-state index >= 15 is 0 Å². The fraction of sp³-hybridized carbons (Fsp3) is 0.305. The fourth-order valence-electron chi connectivity index (χ4n) is 11.1. The lowest BCUT2D eigenvalue weighted by atomic mass is 9.84. The Morgan fingerprint density at radius 1 is 0.211 bits per heavy atom. The van der Waals surface area contributed by atoms with Gasteiger partial charge in [0, 0.05) is 0 Å². The second-order valence-corrected chi connectivity index (χ2v) is 27.5. The molecule has 0 N–H and O–H groups in total. The molecular formula is C95H120. The van der Waals surface area contributed by atoms with Gasteiger partial charge < -0.3 is 0 Å². The molecule has 0 saturated heterocycles. The molecule has 0 radical (unpaired) electrons. The molecule has 0 heteroatoms. The average Bonchev–Trinajstić information content (AvgIpc) is 1.37. The summed E-state index contributed by atoms with van der Waals surface area (Å²) < 4.78 is 0. The predicted octanol–water partition coefficient (Wildman–Crippen LogP) is 28.1. The number of hydrogen-bond donors (Lipinski definition) is 0. The van der Waals surface area contributed by atoms with E-state index in [1.165, 1.54) is 134 Å². The molecule has 0 amide bonds. The lowest BCUT2D eigenvalue weighted by Crippen LogP contribution is -2.12. The third kappa shape index (κ3) is 28.9. The molecule has 0 aliphatic rings. The van der Waals surface area contributed by atoms with Gasteiger partial charge in [0.2, 0.25) is 0 Å². The fourth-order valence-corrected chi connectivity index (χ4v) is 11.1. The minimum absolute atomic E-state index is 0.283. The van der Waals surface area contributed by atoms with Crippen LogP contribution in [0.2, 0.25) is 0 Å². The maximum absolute atomic E-state index is 2.26. The van der Waals surface area contributed by atoms with Crippen LogP contribution in [-0.4, -0.2) is 0 Å². The van der Waals surface area contributed by atoms with Gasteiger partial charge in [0.25, 0.3) is 0 Å². The smallest absolute Gasteiger partial charge is 0.0129 e. The standard InChI is InChI=1S/C14H14.C13H12.C13H20.C11H16.2C10H14.C9H12.C8H10.C7H8/c1-11-7-6-10-14(12(11)2)13-8-4-3-5-9-13;1-11-7-5-6-10-13(11)12-8-3-2-4-9-12;1-9(2)12-7-6-8-13(10(3)4)11(12)5;1-9-7-5-6-8-10(9)11(2,3)4;1-7-5-8(2)10(4)9(3)6-7;1-8(2)10-7-5-4-6-9(10)3;1-7-5-4-6-8(2)9(7)3;1-7-5-3-4-6-8(7)2;1-7-5-3-2-4-6-7/h3-10H,1-2H3;2-10H,1H3;6-10H,1-5H3;5-8H,1-4H3;5-6H,1-4H3;4-8H,1-3H3;4-6H,1-3H3;3-6H,1-2H3;2-6H,1H3. The molecule has 11 aromatic carbocycles. The topological polar surface area (TPSA) is 0 Å². The summed E-state index contributed by atoms with van der Waals surface area (Å²) in [5.41, 5.74) is 33.6. The minimum Gasteiger partial charge on any atom is -0.0622 e. The molecule has 0 nitrogen and oxygen atoms in total. The molecule has 0 atom stereocenters. The molecule has 0 aromatic heterocycles. The molecule has 500 valence electrons. The number of aryl methyl sites for hydroxylation is 12. The zero-order chi connectivity index (χ0) is 70.8. The highest BCUT2D eigenvalue weighted by molar-refractivity contribution is 5.68. The highest BCUT2D eigenvalue weighted by atomic mass is 14.2. The van der Waals surface area contributed by atoms with Gasteiger partial charge in [-0.15, -0.1) is 0 Å². The maximum atomic E-state index is 2.26. The number of benzene rings is 11. The van der Waals surface area contributed by atoms with E-state index in [4.69, 9.17) is 0 Å². The van der Waals surface area contributed by atoms with Gasteiger partial charge >= 0.3 is 0 Å². The van der Waals surface area contributed by atoms with Gasteiger partial charge in [0.05, 0.1) is 0 Å². The minimum atomic E-state index is 0.283. The second-order valence-electron chi connectivity index (χ2n) is 27.5. The van der Waals surface area contributed by atoms with Gasteiger partial charge in [-0.3, -0.25) is 0 Å². The van der Waals surface area contributed by atoms with E-state index in [0.29, 0.717) is 17.8 Å². The second kappa shape index (κ2) is 42.0. The number of hydrogen-bond acceptors (Lipinski definition) is 0. The molecule has 95 heavy (non-hydrogen) atoms. The molecule has 0 unspecified atom stereocenters. The summed E-state index contributed by atoms with van der Waals surface area (Å²) in [4.78, 5) is 0. The monoisotopic (exact) mass is 1260 g/mol. The molecule has 0 fully saturated rings. The molecule has 11 aromatic rings. The summed E-state index contributed by atoms with van der Waals surface area (Å²) in [5, 5.41) is 0. The van der Waals surface area contributed by atoms with Gasteiger partial charge in [-0.25, -0.2) is 0 Å². The van der Waals surface area contributed by atoms with E-state index in [2.05, 4.69) is 404 Å². The predicted molar refractivity (Wildman–Crippen MR) is 426 cm³/mol. The SMILES string of the molecule is Cc1c(C(C)C)cccc1C(C)C.Cc1cc(C)c(C)c(C)c1.Cc1cccc(-c2ccccc2)c1C.Cc1cccc(C)c1C.Cc1ccccc1.Cc1ccccc1-c1ccccc1.Cc1ccccc1C.Cc1ccccc1C(C)(C)C.Cc1ccccc1C(C)C.